The van der Waals surface area contributed by atoms with Crippen LogP contribution in [0.3, 0.4) is 0 Å². The smallest absolute Gasteiger partial charge is 0.315 e. The minimum Gasteiger partial charge on any atom is -0.379 e. The number of rotatable bonds is 8. The summed E-state index contributed by atoms with van der Waals surface area (Å²) < 4.78 is 18.7. The van der Waals surface area contributed by atoms with Crippen LogP contribution in [-0.2, 0) is 16.0 Å². The van der Waals surface area contributed by atoms with E-state index in [9.17, 15) is 14.0 Å². The number of carbonyl (C=O) groups excluding carboxylic acids is 2. The SMILES string of the molecule is CC(=O)N1CCC(CN2CCC[C@@H](Cc3ccc(F)cc3)C2)C(NC(=O)NCCN2CCOCC2)C1. The van der Waals surface area contributed by atoms with Crippen LogP contribution < -0.4 is 10.6 Å². The molecule has 0 aliphatic carbocycles. The molecule has 3 atom stereocenters. The molecular formula is C27H42FN5O3. The Morgan fingerprint density at radius 1 is 1.03 bits per heavy atom. The number of ether oxygens (including phenoxy) is 1. The fourth-order valence-corrected chi connectivity index (χ4v) is 5.81. The molecule has 4 rings (SSSR count). The highest BCUT2D eigenvalue weighted by atomic mass is 19.1. The third kappa shape index (κ3) is 8.15. The molecule has 1 aromatic carbocycles. The second-order valence-corrected chi connectivity index (χ2v) is 10.6. The molecule has 2 unspecified atom stereocenters. The zero-order valence-electron chi connectivity index (χ0n) is 21.6. The molecule has 3 heterocycles. The van der Waals surface area contributed by atoms with Gasteiger partial charge in [0, 0.05) is 59.3 Å². The Labute approximate surface area is 214 Å². The van der Waals surface area contributed by atoms with Gasteiger partial charge in [-0.15, -0.1) is 0 Å². The molecule has 3 amide bonds. The van der Waals surface area contributed by atoms with Gasteiger partial charge in [-0.25, -0.2) is 9.18 Å². The van der Waals surface area contributed by atoms with Crippen molar-refractivity contribution in [1.29, 1.82) is 0 Å². The van der Waals surface area contributed by atoms with Crippen molar-refractivity contribution in [3.63, 3.8) is 0 Å². The van der Waals surface area contributed by atoms with E-state index in [1.54, 1.807) is 19.1 Å². The van der Waals surface area contributed by atoms with E-state index in [4.69, 9.17) is 4.74 Å². The largest absolute Gasteiger partial charge is 0.379 e. The van der Waals surface area contributed by atoms with E-state index in [-0.39, 0.29) is 23.8 Å². The molecule has 0 spiro atoms. The molecule has 3 aliphatic rings. The number of halogens is 1. The van der Waals surface area contributed by atoms with Gasteiger partial charge in [0.15, 0.2) is 0 Å². The number of nitrogens with zero attached hydrogens (tertiary/aromatic N) is 3. The summed E-state index contributed by atoms with van der Waals surface area (Å²) in [6.07, 6.45) is 4.19. The van der Waals surface area contributed by atoms with E-state index in [1.807, 2.05) is 17.0 Å². The Kier molecular flexibility index (Phi) is 9.95. The minimum atomic E-state index is -0.190. The predicted molar refractivity (Wildman–Crippen MR) is 137 cm³/mol. The Balaban J connectivity index is 1.28. The van der Waals surface area contributed by atoms with Crippen molar-refractivity contribution >= 4 is 11.9 Å². The predicted octanol–water partition coefficient (Wildman–Crippen LogP) is 1.95. The van der Waals surface area contributed by atoms with Gasteiger partial charge in [0.2, 0.25) is 5.91 Å². The number of hydrogen-bond donors (Lipinski definition) is 2. The fraction of sp³-hybridized carbons (Fsp3) is 0.704. The second-order valence-electron chi connectivity index (χ2n) is 10.6. The lowest BCUT2D eigenvalue weighted by atomic mass is 9.87. The summed E-state index contributed by atoms with van der Waals surface area (Å²) in [6, 6.07) is 6.65. The standard InChI is InChI=1S/C27H42FN5O3/c1-21(34)33-11-8-24(26(20-33)30-27(35)29-9-12-31-13-15-36-16-14-31)19-32-10-2-3-23(18-32)17-22-4-6-25(28)7-5-22/h4-7,23-24,26H,2-3,8-20H2,1H3,(H2,29,30,35)/t23-,24?,26?/m0/s1. The van der Waals surface area contributed by atoms with Crippen molar-refractivity contribution in [2.75, 3.05) is 72.1 Å². The van der Waals surface area contributed by atoms with Crippen molar-refractivity contribution in [2.45, 2.75) is 38.6 Å². The maximum Gasteiger partial charge on any atom is 0.315 e. The molecule has 1 aromatic rings. The van der Waals surface area contributed by atoms with Crippen molar-refractivity contribution in [3.05, 3.63) is 35.6 Å². The number of carbonyl (C=O) groups is 2. The summed E-state index contributed by atoms with van der Waals surface area (Å²) in [5, 5.41) is 6.20. The van der Waals surface area contributed by atoms with E-state index in [1.165, 1.54) is 12.0 Å². The van der Waals surface area contributed by atoms with Crippen LogP contribution in [0.4, 0.5) is 9.18 Å². The van der Waals surface area contributed by atoms with Gasteiger partial charge in [0.1, 0.15) is 5.82 Å². The highest BCUT2D eigenvalue weighted by Gasteiger charge is 2.33. The van der Waals surface area contributed by atoms with E-state index >= 15 is 0 Å². The van der Waals surface area contributed by atoms with Gasteiger partial charge in [-0.05, 0) is 61.8 Å². The zero-order chi connectivity index (χ0) is 25.3. The highest BCUT2D eigenvalue weighted by Crippen LogP contribution is 2.25. The number of amides is 3. The average Bonchev–Trinajstić information content (AvgIpc) is 2.87. The van der Waals surface area contributed by atoms with Gasteiger partial charge in [0.25, 0.3) is 0 Å². The molecule has 0 aromatic heterocycles. The van der Waals surface area contributed by atoms with Gasteiger partial charge in [0.05, 0.1) is 19.3 Å². The molecule has 0 bridgehead atoms. The zero-order valence-corrected chi connectivity index (χ0v) is 21.6. The van der Waals surface area contributed by atoms with Gasteiger partial charge < -0.3 is 25.2 Å². The van der Waals surface area contributed by atoms with Crippen LogP contribution in [-0.4, -0.2) is 105 Å². The molecule has 8 nitrogen and oxygen atoms in total. The van der Waals surface area contributed by atoms with Gasteiger partial charge in [-0.2, -0.15) is 0 Å². The molecule has 3 aliphatic heterocycles. The lowest BCUT2D eigenvalue weighted by Gasteiger charge is -2.42. The third-order valence-corrected chi connectivity index (χ3v) is 7.87. The van der Waals surface area contributed by atoms with Crippen LogP contribution >= 0.6 is 0 Å². The molecule has 3 saturated heterocycles. The van der Waals surface area contributed by atoms with Crippen LogP contribution in [0.5, 0.6) is 0 Å². The summed E-state index contributed by atoms with van der Waals surface area (Å²) >= 11 is 0. The topological polar surface area (TPSA) is 77.2 Å². The number of nitrogens with one attached hydrogen (secondary N) is 2. The molecule has 0 radical (unpaired) electrons. The van der Waals surface area contributed by atoms with E-state index < -0.39 is 0 Å². The van der Waals surface area contributed by atoms with Gasteiger partial charge in [-0.3, -0.25) is 9.69 Å². The summed E-state index contributed by atoms with van der Waals surface area (Å²) in [7, 11) is 0. The maximum atomic E-state index is 13.3. The number of benzene rings is 1. The van der Waals surface area contributed by atoms with Crippen LogP contribution in [0, 0.1) is 17.7 Å². The molecular weight excluding hydrogens is 461 g/mol. The molecule has 9 heteroatoms. The van der Waals surface area contributed by atoms with Crippen LogP contribution in [0.25, 0.3) is 0 Å². The first-order chi connectivity index (χ1) is 17.5. The highest BCUT2D eigenvalue weighted by molar-refractivity contribution is 5.75. The molecule has 3 fully saturated rings. The number of hydrogen-bond acceptors (Lipinski definition) is 5. The normalized spacial score (nSPS) is 25.9. The van der Waals surface area contributed by atoms with E-state index in [2.05, 4.69) is 20.4 Å². The number of morpholine rings is 1. The minimum absolute atomic E-state index is 0.0605. The summed E-state index contributed by atoms with van der Waals surface area (Å²) in [6.45, 7) is 10.6. The van der Waals surface area contributed by atoms with Crippen molar-refractivity contribution < 1.29 is 18.7 Å². The lowest BCUT2D eigenvalue weighted by Crippen LogP contribution is -2.58. The quantitative estimate of drug-likeness (QED) is 0.567. The summed E-state index contributed by atoms with van der Waals surface area (Å²) in [4.78, 5) is 31.5. The summed E-state index contributed by atoms with van der Waals surface area (Å²) in [5.41, 5.74) is 1.19. The molecule has 2 N–H and O–H groups in total. The first-order valence-corrected chi connectivity index (χ1v) is 13.5. The maximum absolute atomic E-state index is 13.3. The molecule has 36 heavy (non-hydrogen) atoms. The fourth-order valence-electron chi connectivity index (χ4n) is 5.81. The Morgan fingerprint density at radius 3 is 2.56 bits per heavy atom. The van der Waals surface area contributed by atoms with E-state index in [0.717, 1.165) is 78.3 Å². The number of urea groups is 1. The van der Waals surface area contributed by atoms with Crippen molar-refractivity contribution in [1.82, 2.24) is 25.3 Å². The van der Waals surface area contributed by atoms with Crippen LogP contribution in [0.1, 0.15) is 31.7 Å². The lowest BCUT2D eigenvalue weighted by molar-refractivity contribution is -0.130. The Hall–Kier alpha value is -2.23. The monoisotopic (exact) mass is 503 g/mol. The van der Waals surface area contributed by atoms with Crippen molar-refractivity contribution in [3.8, 4) is 0 Å². The van der Waals surface area contributed by atoms with Gasteiger partial charge >= 0.3 is 6.03 Å². The second kappa shape index (κ2) is 13.4. The average molecular weight is 504 g/mol. The first kappa shape index (κ1) is 26.8. The number of piperidine rings is 2. The van der Waals surface area contributed by atoms with Crippen LogP contribution in [0.2, 0.25) is 0 Å². The van der Waals surface area contributed by atoms with Crippen molar-refractivity contribution in [2.24, 2.45) is 11.8 Å². The molecule has 200 valence electrons. The molecule has 0 saturated carbocycles. The Morgan fingerprint density at radius 2 is 1.81 bits per heavy atom. The van der Waals surface area contributed by atoms with Gasteiger partial charge in [-0.1, -0.05) is 12.1 Å². The first-order valence-electron chi connectivity index (χ1n) is 13.5. The third-order valence-electron chi connectivity index (χ3n) is 7.87. The van der Waals surface area contributed by atoms with Crippen LogP contribution in [0.15, 0.2) is 24.3 Å². The van der Waals surface area contributed by atoms with E-state index in [0.29, 0.717) is 24.9 Å². The summed E-state index contributed by atoms with van der Waals surface area (Å²) in [5.74, 6) is 0.724. The number of likely N-dealkylation sites (tertiary alicyclic amines) is 2. The Bertz CT molecular complexity index is 848.